The number of rotatable bonds is 5. The Morgan fingerprint density at radius 1 is 1.40 bits per heavy atom. The summed E-state index contributed by atoms with van der Waals surface area (Å²) in [5.41, 5.74) is 0. The van der Waals surface area contributed by atoms with Crippen molar-refractivity contribution in [1.82, 2.24) is 30.3 Å². The van der Waals surface area contributed by atoms with Crippen LogP contribution in [0.4, 0.5) is 5.95 Å². The molecule has 1 fully saturated rings. The van der Waals surface area contributed by atoms with Crippen molar-refractivity contribution in [1.29, 1.82) is 0 Å². The van der Waals surface area contributed by atoms with Gasteiger partial charge >= 0.3 is 0 Å². The highest BCUT2D eigenvalue weighted by Crippen LogP contribution is 2.20. The third kappa shape index (κ3) is 2.98. The molecule has 0 bridgehead atoms. The maximum absolute atomic E-state index is 4.56. The Kier molecular flexibility index (Phi) is 3.96. The Hall–Kier alpha value is -1.89. The third-order valence-electron chi connectivity index (χ3n) is 3.78. The summed E-state index contributed by atoms with van der Waals surface area (Å²) in [6.45, 7) is 3.80. The number of hydrogen-bond donors (Lipinski definition) is 2. The van der Waals surface area contributed by atoms with Gasteiger partial charge in [-0.3, -0.25) is 9.78 Å². The summed E-state index contributed by atoms with van der Waals surface area (Å²) >= 11 is 0. The van der Waals surface area contributed by atoms with Gasteiger partial charge in [0, 0.05) is 25.5 Å². The predicted molar refractivity (Wildman–Crippen MR) is 76.6 cm³/mol. The van der Waals surface area contributed by atoms with Crippen molar-refractivity contribution >= 4 is 5.95 Å². The summed E-state index contributed by atoms with van der Waals surface area (Å²) in [5, 5.41) is 14.8. The molecule has 108 valence electrons. The quantitative estimate of drug-likeness (QED) is 0.830. The average Bonchev–Trinajstić information content (AvgIpc) is 3.12. The number of aromatic amines is 1. The van der Waals surface area contributed by atoms with E-state index in [0.29, 0.717) is 6.54 Å². The molecule has 3 heterocycles. The Morgan fingerprint density at radius 2 is 2.25 bits per heavy atom. The van der Waals surface area contributed by atoms with Crippen molar-refractivity contribution in [3.05, 3.63) is 24.3 Å². The summed E-state index contributed by atoms with van der Waals surface area (Å²) in [4.78, 5) is 6.82. The molecule has 3 rings (SSSR count). The monoisotopic (exact) mass is 275 g/mol. The van der Waals surface area contributed by atoms with Crippen molar-refractivity contribution in [2.24, 2.45) is 5.92 Å². The van der Waals surface area contributed by atoms with Gasteiger partial charge in [-0.05, 0) is 38.4 Å². The lowest BCUT2D eigenvalue weighted by atomic mass is 9.97. The molecule has 0 unspecified atom stereocenters. The Labute approximate surface area is 118 Å². The van der Waals surface area contributed by atoms with E-state index in [2.05, 4.69) is 30.5 Å². The summed E-state index contributed by atoms with van der Waals surface area (Å²) in [6, 6.07) is 1.91. The average molecular weight is 275 g/mol. The van der Waals surface area contributed by atoms with Gasteiger partial charge in [0.05, 0.1) is 0 Å². The number of nitrogens with one attached hydrogen (secondary N) is 2. The number of anilines is 1. The Morgan fingerprint density at radius 3 is 2.95 bits per heavy atom. The van der Waals surface area contributed by atoms with Crippen LogP contribution in [-0.4, -0.2) is 51.6 Å². The van der Waals surface area contributed by atoms with Gasteiger partial charge in [-0.2, -0.15) is 10.1 Å². The topological polar surface area (TPSA) is 74.7 Å². The van der Waals surface area contributed by atoms with Gasteiger partial charge in [0.1, 0.15) is 12.4 Å². The van der Waals surface area contributed by atoms with Crippen molar-refractivity contribution < 1.29 is 0 Å². The van der Waals surface area contributed by atoms with E-state index >= 15 is 0 Å². The van der Waals surface area contributed by atoms with Crippen LogP contribution in [0.2, 0.25) is 0 Å². The second-order valence-corrected chi connectivity index (χ2v) is 5.27. The molecule has 0 saturated carbocycles. The molecule has 1 aliphatic rings. The summed E-state index contributed by atoms with van der Waals surface area (Å²) in [5.74, 6) is 2.44. The van der Waals surface area contributed by atoms with Crippen LogP contribution in [0.3, 0.4) is 0 Å². The molecular formula is C13H21N7. The maximum Gasteiger partial charge on any atom is 0.244 e. The number of nitrogens with zero attached hydrogens (tertiary/aromatic N) is 5. The summed E-state index contributed by atoms with van der Waals surface area (Å²) in [6.07, 6.45) is 6.09. The van der Waals surface area contributed by atoms with Crippen LogP contribution in [0.15, 0.2) is 18.5 Å². The smallest absolute Gasteiger partial charge is 0.244 e. The zero-order chi connectivity index (χ0) is 13.8. The molecule has 2 N–H and O–H groups in total. The number of hydrogen-bond acceptors (Lipinski definition) is 5. The highest BCUT2D eigenvalue weighted by molar-refractivity contribution is 5.29. The van der Waals surface area contributed by atoms with Crippen LogP contribution in [-0.2, 0) is 6.54 Å². The molecule has 7 heteroatoms. The minimum Gasteiger partial charge on any atom is -0.340 e. The van der Waals surface area contributed by atoms with Crippen LogP contribution in [0.5, 0.6) is 0 Å². The molecule has 0 aliphatic carbocycles. The van der Waals surface area contributed by atoms with Gasteiger partial charge in [0.15, 0.2) is 0 Å². The van der Waals surface area contributed by atoms with Crippen molar-refractivity contribution in [3.8, 4) is 0 Å². The van der Waals surface area contributed by atoms with Crippen LogP contribution < -0.4 is 10.2 Å². The van der Waals surface area contributed by atoms with Gasteiger partial charge in [-0.15, -0.1) is 5.10 Å². The van der Waals surface area contributed by atoms with E-state index in [-0.39, 0.29) is 0 Å². The fraction of sp³-hybridized carbons (Fsp3) is 0.615. The molecule has 20 heavy (non-hydrogen) atoms. The molecule has 0 spiro atoms. The molecule has 2 aromatic heterocycles. The molecule has 1 saturated heterocycles. The van der Waals surface area contributed by atoms with Crippen LogP contribution in [0.1, 0.15) is 18.7 Å². The second-order valence-electron chi connectivity index (χ2n) is 5.27. The highest BCUT2D eigenvalue weighted by atomic mass is 15.4. The first-order chi connectivity index (χ1) is 9.85. The lowest BCUT2D eigenvalue weighted by molar-refractivity contribution is 0.391. The largest absolute Gasteiger partial charge is 0.340 e. The van der Waals surface area contributed by atoms with Gasteiger partial charge < -0.3 is 10.2 Å². The zero-order valence-electron chi connectivity index (χ0n) is 11.8. The first-order valence-corrected chi connectivity index (χ1v) is 7.13. The SMILES string of the molecule is CNCC1CCN(c2n[nH]c(Cn3cccn3)n2)CC1. The Bertz CT molecular complexity index is 511. The van der Waals surface area contributed by atoms with Crippen molar-refractivity contribution in [2.75, 3.05) is 31.6 Å². The molecule has 7 nitrogen and oxygen atoms in total. The second kappa shape index (κ2) is 6.04. The summed E-state index contributed by atoms with van der Waals surface area (Å²) in [7, 11) is 2.02. The van der Waals surface area contributed by atoms with Gasteiger partial charge in [0.2, 0.25) is 5.95 Å². The highest BCUT2D eigenvalue weighted by Gasteiger charge is 2.21. The molecule has 0 atom stereocenters. The first kappa shape index (κ1) is 13.1. The van der Waals surface area contributed by atoms with E-state index in [0.717, 1.165) is 37.3 Å². The van der Waals surface area contributed by atoms with E-state index < -0.39 is 0 Å². The summed E-state index contributed by atoms with van der Waals surface area (Å²) < 4.78 is 1.84. The molecule has 0 aromatic carbocycles. The minimum atomic E-state index is 0.635. The molecular weight excluding hydrogens is 254 g/mol. The van der Waals surface area contributed by atoms with Crippen molar-refractivity contribution in [3.63, 3.8) is 0 Å². The number of aromatic nitrogens is 5. The van der Waals surface area contributed by atoms with E-state index in [9.17, 15) is 0 Å². The molecule has 2 aromatic rings. The lowest BCUT2D eigenvalue weighted by Crippen LogP contribution is -2.37. The van der Waals surface area contributed by atoms with Crippen LogP contribution in [0, 0.1) is 5.92 Å². The van der Waals surface area contributed by atoms with Crippen molar-refractivity contribution in [2.45, 2.75) is 19.4 Å². The predicted octanol–water partition coefficient (Wildman–Crippen LogP) is 0.485. The van der Waals surface area contributed by atoms with Gasteiger partial charge in [-0.25, -0.2) is 0 Å². The number of H-pyrrole nitrogens is 1. The van der Waals surface area contributed by atoms with E-state index in [1.807, 2.05) is 24.0 Å². The fourth-order valence-electron chi connectivity index (χ4n) is 2.67. The molecule has 1 aliphatic heterocycles. The fourth-order valence-corrected chi connectivity index (χ4v) is 2.67. The third-order valence-corrected chi connectivity index (χ3v) is 3.78. The van der Waals surface area contributed by atoms with Crippen LogP contribution >= 0.6 is 0 Å². The Balaban J connectivity index is 1.57. The zero-order valence-corrected chi connectivity index (χ0v) is 11.8. The molecule has 0 radical (unpaired) electrons. The van der Waals surface area contributed by atoms with Gasteiger partial charge in [0.25, 0.3) is 0 Å². The minimum absolute atomic E-state index is 0.635. The van der Waals surface area contributed by atoms with Gasteiger partial charge in [-0.1, -0.05) is 0 Å². The standard InChI is InChI=1S/C13H21N7/c1-14-9-11-3-7-19(8-4-11)13-16-12(17-18-13)10-20-6-2-5-15-20/h2,5-6,11,14H,3-4,7-10H2,1H3,(H,16,17,18). The lowest BCUT2D eigenvalue weighted by Gasteiger charge is -2.30. The molecule has 0 amide bonds. The van der Waals surface area contributed by atoms with E-state index in [1.54, 1.807) is 6.20 Å². The van der Waals surface area contributed by atoms with E-state index in [1.165, 1.54) is 12.8 Å². The van der Waals surface area contributed by atoms with Crippen LogP contribution in [0.25, 0.3) is 0 Å². The number of piperidine rings is 1. The van der Waals surface area contributed by atoms with E-state index in [4.69, 9.17) is 0 Å². The first-order valence-electron chi connectivity index (χ1n) is 7.13. The normalized spacial score (nSPS) is 16.8. The maximum atomic E-state index is 4.56.